The number of aryl methyl sites for hydroxylation is 1. The number of aromatic nitrogens is 2. The van der Waals surface area contributed by atoms with Crippen molar-refractivity contribution in [1.29, 1.82) is 0 Å². The topological polar surface area (TPSA) is 105 Å². The molecule has 2 heterocycles. The predicted octanol–water partition coefficient (Wildman–Crippen LogP) is 1.67. The van der Waals surface area contributed by atoms with Crippen LogP contribution < -0.4 is 5.32 Å². The first-order valence-corrected chi connectivity index (χ1v) is 8.25. The van der Waals surface area contributed by atoms with E-state index in [2.05, 4.69) is 10.4 Å². The largest absolute Gasteiger partial charge is 0.478 e. The van der Waals surface area contributed by atoms with Crippen molar-refractivity contribution in [2.24, 2.45) is 13.0 Å². The Labute approximate surface area is 150 Å². The smallest absolute Gasteiger partial charge is 0.335 e. The Bertz CT molecular complexity index is 860. The Hall–Kier alpha value is -3.16. The lowest BCUT2D eigenvalue weighted by Crippen LogP contribution is -2.44. The third-order valence-electron chi connectivity index (χ3n) is 4.64. The number of carbonyl (C=O) groups is 3. The fourth-order valence-corrected chi connectivity index (χ4v) is 3.33. The number of nitrogens with one attached hydrogen (secondary N) is 1. The number of carboxylic acids is 1. The van der Waals surface area contributed by atoms with E-state index >= 15 is 0 Å². The number of piperidine rings is 1. The van der Waals surface area contributed by atoms with Crippen LogP contribution in [-0.2, 0) is 16.6 Å². The summed E-state index contributed by atoms with van der Waals surface area (Å²) < 4.78 is 1.63. The Kier molecular flexibility index (Phi) is 4.75. The molecule has 1 fully saturated rings. The van der Waals surface area contributed by atoms with Gasteiger partial charge in [-0.2, -0.15) is 5.10 Å². The van der Waals surface area contributed by atoms with Crippen molar-refractivity contribution < 1.29 is 19.5 Å². The minimum Gasteiger partial charge on any atom is -0.478 e. The molecule has 2 aromatic rings. The second kappa shape index (κ2) is 6.99. The highest BCUT2D eigenvalue weighted by atomic mass is 16.4. The summed E-state index contributed by atoms with van der Waals surface area (Å²) in [6.45, 7) is 0. The third-order valence-corrected chi connectivity index (χ3v) is 4.64. The number of anilines is 1. The number of nitrogens with zero attached hydrogens (tertiary/aromatic N) is 3. The van der Waals surface area contributed by atoms with Crippen molar-refractivity contribution in [1.82, 2.24) is 14.7 Å². The minimum atomic E-state index is -1.06. The molecule has 0 spiro atoms. The molecule has 2 N–H and O–H groups in total. The normalized spacial score (nSPS) is 20.1. The van der Waals surface area contributed by atoms with E-state index in [1.165, 1.54) is 12.1 Å². The van der Waals surface area contributed by atoms with Crippen LogP contribution in [0.5, 0.6) is 0 Å². The minimum absolute atomic E-state index is 0.0178. The van der Waals surface area contributed by atoms with Gasteiger partial charge in [-0.05, 0) is 24.6 Å². The predicted molar refractivity (Wildman–Crippen MR) is 93.5 cm³/mol. The monoisotopic (exact) mass is 356 g/mol. The molecule has 8 nitrogen and oxygen atoms in total. The average Bonchev–Trinajstić information content (AvgIpc) is 3.03. The van der Waals surface area contributed by atoms with Gasteiger partial charge in [0.1, 0.15) is 0 Å². The van der Waals surface area contributed by atoms with E-state index in [-0.39, 0.29) is 17.4 Å². The van der Waals surface area contributed by atoms with E-state index in [0.717, 1.165) is 5.56 Å². The zero-order chi connectivity index (χ0) is 18.8. The van der Waals surface area contributed by atoms with Crippen molar-refractivity contribution in [3.8, 4) is 0 Å². The lowest BCUT2D eigenvalue weighted by Gasteiger charge is -2.37. The summed E-state index contributed by atoms with van der Waals surface area (Å²) in [4.78, 5) is 37.7. The van der Waals surface area contributed by atoms with Crippen molar-refractivity contribution in [3.05, 3.63) is 47.8 Å². The zero-order valence-electron chi connectivity index (χ0n) is 14.5. The lowest BCUT2D eigenvalue weighted by molar-refractivity contribution is -0.140. The molecule has 1 aliphatic heterocycles. The van der Waals surface area contributed by atoms with Crippen LogP contribution in [-0.4, -0.2) is 44.6 Å². The quantitative estimate of drug-likeness (QED) is 0.867. The van der Waals surface area contributed by atoms with Gasteiger partial charge in [0.25, 0.3) is 0 Å². The van der Waals surface area contributed by atoms with Gasteiger partial charge in [-0.3, -0.25) is 14.3 Å². The number of hydrogen-bond acceptors (Lipinski definition) is 4. The van der Waals surface area contributed by atoms with Gasteiger partial charge in [-0.25, -0.2) is 4.79 Å². The Morgan fingerprint density at radius 2 is 2.08 bits per heavy atom. The highest BCUT2D eigenvalue weighted by molar-refractivity contribution is 5.96. The van der Waals surface area contributed by atoms with Gasteiger partial charge < -0.3 is 15.3 Å². The number of aromatic carboxylic acids is 1. The maximum atomic E-state index is 12.9. The fourth-order valence-electron chi connectivity index (χ4n) is 3.33. The van der Waals surface area contributed by atoms with Crippen molar-refractivity contribution in [2.45, 2.75) is 18.9 Å². The van der Waals surface area contributed by atoms with E-state index in [9.17, 15) is 14.4 Å². The van der Waals surface area contributed by atoms with Gasteiger partial charge in [-0.1, -0.05) is 6.07 Å². The molecule has 0 radical (unpaired) electrons. The molecule has 136 valence electrons. The van der Waals surface area contributed by atoms with E-state index in [1.807, 2.05) is 0 Å². The Balaban J connectivity index is 1.85. The first-order chi connectivity index (χ1) is 12.4. The molecule has 1 saturated heterocycles. The number of likely N-dealkylation sites (tertiary alicyclic amines) is 1. The van der Waals surface area contributed by atoms with E-state index < -0.39 is 17.9 Å². The number of hydrogen-bond donors (Lipinski definition) is 2. The summed E-state index contributed by atoms with van der Waals surface area (Å²) >= 11 is 0. The molecule has 2 atom stereocenters. The molecule has 0 bridgehead atoms. The van der Waals surface area contributed by atoms with Crippen LogP contribution in [0.4, 0.5) is 5.69 Å². The molecular weight excluding hydrogens is 336 g/mol. The second-order valence-corrected chi connectivity index (χ2v) is 6.42. The van der Waals surface area contributed by atoms with Crippen molar-refractivity contribution in [2.75, 3.05) is 12.4 Å². The summed E-state index contributed by atoms with van der Waals surface area (Å²) in [6, 6.07) is 5.68. The number of carboxylic acid groups (broad SMARTS) is 1. The van der Waals surface area contributed by atoms with Crippen LogP contribution in [0.25, 0.3) is 0 Å². The molecule has 3 rings (SSSR count). The van der Waals surface area contributed by atoms with Crippen LogP contribution in [0.2, 0.25) is 0 Å². The highest BCUT2D eigenvalue weighted by Crippen LogP contribution is 2.36. The van der Waals surface area contributed by atoms with Gasteiger partial charge in [-0.15, -0.1) is 0 Å². The maximum Gasteiger partial charge on any atom is 0.335 e. The summed E-state index contributed by atoms with van der Waals surface area (Å²) in [6.07, 6.45) is 4.17. The number of rotatable bonds is 4. The van der Waals surface area contributed by atoms with Crippen LogP contribution in [0.3, 0.4) is 0 Å². The van der Waals surface area contributed by atoms with Gasteiger partial charge in [0.15, 0.2) is 0 Å². The molecule has 1 aromatic carbocycles. The average molecular weight is 356 g/mol. The van der Waals surface area contributed by atoms with E-state index in [1.54, 1.807) is 48.2 Å². The molecule has 1 aliphatic rings. The van der Waals surface area contributed by atoms with Crippen molar-refractivity contribution >= 4 is 23.5 Å². The van der Waals surface area contributed by atoms with Gasteiger partial charge in [0.05, 0.1) is 23.7 Å². The number of carbonyl (C=O) groups excluding carboxylic acids is 2. The molecule has 0 aliphatic carbocycles. The SMILES string of the molecule is CN1C(=O)CCC(C(=O)Nc2cccc(C(=O)O)c2)C1c1cnn(C)c1. The first kappa shape index (κ1) is 17.7. The zero-order valence-corrected chi connectivity index (χ0v) is 14.5. The third kappa shape index (κ3) is 3.44. The van der Waals surface area contributed by atoms with Crippen molar-refractivity contribution in [3.63, 3.8) is 0 Å². The van der Waals surface area contributed by atoms with E-state index in [4.69, 9.17) is 5.11 Å². The summed E-state index contributed by atoms with van der Waals surface area (Å²) in [5, 5.41) is 16.0. The Morgan fingerprint density at radius 3 is 2.73 bits per heavy atom. The molecule has 0 saturated carbocycles. The second-order valence-electron chi connectivity index (χ2n) is 6.42. The van der Waals surface area contributed by atoms with E-state index in [0.29, 0.717) is 18.5 Å². The van der Waals surface area contributed by atoms with Crippen LogP contribution in [0, 0.1) is 5.92 Å². The van der Waals surface area contributed by atoms with Crippen LogP contribution in [0.15, 0.2) is 36.7 Å². The first-order valence-electron chi connectivity index (χ1n) is 8.25. The molecular formula is C18H20N4O4. The molecule has 8 heteroatoms. The van der Waals surface area contributed by atoms with Gasteiger partial charge in [0, 0.05) is 38.0 Å². The fraction of sp³-hybridized carbons (Fsp3) is 0.333. The molecule has 2 amide bonds. The molecule has 26 heavy (non-hydrogen) atoms. The molecule has 1 aromatic heterocycles. The number of benzene rings is 1. The summed E-state index contributed by atoms with van der Waals surface area (Å²) in [7, 11) is 3.46. The van der Waals surface area contributed by atoms with Gasteiger partial charge >= 0.3 is 5.97 Å². The summed E-state index contributed by atoms with van der Waals surface area (Å²) in [5.41, 5.74) is 1.31. The standard InChI is InChI=1S/C18H20N4O4/c1-21-10-12(9-19-21)16-14(6-7-15(23)22(16)2)17(24)20-13-5-3-4-11(8-13)18(25)26/h3-5,8-10,14,16H,6-7H2,1-2H3,(H,20,24)(H,25,26). The van der Waals surface area contributed by atoms with Gasteiger partial charge in [0.2, 0.25) is 11.8 Å². The van der Waals surface area contributed by atoms with Crippen LogP contribution in [0.1, 0.15) is 34.8 Å². The Morgan fingerprint density at radius 1 is 1.31 bits per heavy atom. The maximum absolute atomic E-state index is 12.9. The highest BCUT2D eigenvalue weighted by Gasteiger charge is 2.39. The van der Waals surface area contributed by atoms with Crippen LogP contribution >= 0.6 is 0 Å². The molecule has 2 unspecified atom stereocenters. The summed E-state index contributed by atoms with van der Waals surface area (Å²) in [5.74, 6) is -1.77. The lowest BCUT2D eigenvalue weighted by atomic mass is 9.85. The number of amides is 2.